The number of nitrogen functional groups attached to an aromatic ring is 1. The van der Waals surface area contributed by atoms with Crippen LogP contribution in [-0.4, -0.2) is 15.0 Å². The number of para-hydroxylation sites is 1. The van der Waals surface area contributed by atoms with Crippen molar-refractivity contribution in [2.24, 2.45) is 0 Å². The molecule has 0 aliphatic rings. The maximum atomic E-state index is 12.2. The largest absolute Gasteiger partial charge is 0.456 e. The monoisotopic (exact) mass is 306 g/mol. The highest BCUT2D eigenvalue weighted by Gasteiger charge is 2.18. The molecule has 2 aromatic rings. The van der Waals surface area contributed by atoms with Crippen LogP contribution in [0.1, 0.15) is 12.5 Å². The Morgan fingerprint density at radius 2 is 1.86 bits per heavy atom. The molecule has 0 saturated heterocycles. The molecule has 0 amide bonds. The van der Waals surface area contributed by atoms with E-state index >= 15 is 0 Å². The summed E-state index contributed by atoms with van der Waals surface area (Å²) >= 11 is 0. The molecular formula is C15H18N2O3S. The number of anilines is 1. The van der Waals surface area contributed by atoms with Crippen LogP contribution < -0.4 is 15.2 Å². The summed E-state index contributed by atoms with van der Waals surface area (Å²) in [6.07, 6.45) is 0. The van der Waals surface area contributed by atoms with E-state index in [4.69, 9.17) is 10.5 Å². The molecule has 0 heterocycles. The SMILES string of the molecule is CCNS(=O)(=O)c1ccccc1Oc1ccc(N)cc1C. The van der Waals surface area contributed by atoms with Crippen molar-refractivity contribution in [1.82, 2.24) is 4.72 Å². The first-order valence-electron chi connectivity index (χ1n) is 6.56. The molecule has 0 aliphatic heterocycles. The van der Waals surface area contributed by atoms with Crippen LogP contribution >= 0.6 is 0 Å². The third-order valence-corrected chi connectivity index (χ3v) is 4.48. The first-order valence-corrected chi connectivity index (χ1v) is 8.05. The van der Waals surface area contributed by atoms with E-state index in [1.165, 1.54) is 6.07 Å². The number of hydrogen-bond donors (Lipinski definition) is 2. The van der Waals surface area contributed by atoms with Gasteiger partial charge in [0.2, 0.25) is 10.0 Å². The molecule has 6 heteroatoms. The summed E-state index contributed by atoms with van der Waals surface area (Å²) in [6, 6.07) is 11.7. The summed E-state index contributed by atoms with van der Waals surface area (Å²) in [5, 5.41) is 0. The van der Waals surface area contributed by atoms with E-state index in [0.29, 0.717) is 18.0 Å². The van der Waals surface area contributed by atoms with Crippen molar-refractivity contribution in [3.8, 4) is 11.5 Å². The topological polar surface area (TPSA) is 81.4 Å². The van der Waals surface area contributed by atoms with Gasteiger partial charge in [-0.2, -0.15) is 0 Å². The number of aryl methyl sites for hydroxylation is 1. The molecule has 0 aromatic heterocycles. The molecule has 2 rings (SSSR count). The third-order valence-electron chi connectivity index (χ3n) is 2.89. The summed E-state index contributed by atoms with van der Waals surface area (Å²) in [4.78, 5) is 0.114. The Morgan fingerprint density at radius 3 is 2.52 bits per heavy atom. The zero-order valence-electron chi connectivity index (χ0n) is 12.0. The zero-order chi connectivity index (χ0) is 15.5. The van der Waals surface area contributed by atoms with E-state index in [1.807, 2.05) is 6.92 Å². The summed E-state index contributed by atoms with van der Waals surface area (Å²) in [6.45, 7) is 3.90. The normalized spacial score (nSPS) is 11.3. The first kappa shape index (κ1) is 15.3. The predicted octanol–water partition coefficient (Wildman–Crippen LogP) is 2.67. The van der Waals surface area contributed by atoms with Crippen LogP contribution in [0, 0.1) is 6.92 Å². The summed E-state index contributed by atoms with van der Waals surface area (Å²) in [5.74, 6) is 0.856. The molecule has 0 fully saturated rings. The Morgan fingerprint density at radius 1 is 1.14 bits per heavy atom. The van der Waals surface area contributed by atoms with Gasteiger partial charge in [-0.25, -0.2) is 13.1 Å². The number of nitrogens with two attached hydrogens (primary N) is 1. The van der Waals surface area contributed by atoms with Crippen LogP contribution in [0.15, 0.2) is 47.4 Å². The van der Waals surface area contributed by atoms with Crippen molar-refractivity contribution in [3.63, 3.8) is 0 Å². The lowest BCUT2D eigenvalue weighted by atomic mass is 10.2. The van der Waals surface area contributed by atoms with Crippen molar-refractivity contribution in [3.05, 3.63) is 48.0 Å². The van der Waals surface area contributed by atoms with Crippen LogP contribution in [0.5, 0.6) is 11.5 Å². The van der Waals surface area contributed by atoms with Gasteiger partial charge < -0.3 is 10.5 Å². The molecule has 3 N–H and O–H groups in total. The van der Waals surface area contributed by atoms with Gasteiger partial charge in [0.25, 0.3) is 0 Å². The maximum Gasteiger partial charge on any atom is 0.244 e. The second kappa shape index (κ2) is 6.15. The minimum Gasteiger partial charge on any atom is -0.456 e. The van der Waals surface area contributed by atoms with E-state index in [1.54, 1.807) is 43.3 Å². The summed E-state index contributed by atoms with van der Waals surface area (Å²) in [5.41, 5.74) is 7.17. The average Bonchev–Trinajstić information content (AvgIpc) is 2.42. The first-order chi connectivity index (χ1) is 9.94. The van der Waals surface area contributed by atoms with E-state index in [2.05, 4.69) is 4.72 Å². The van der Waals surface area contributed by atoms with Crippen LogP contribution in [0.25, 0.3) is 0 Å². The Hall–Kier alpha value is -2.05. The highest BCUT2D eigenvalue weighted by molar-refractivity contribution is 7.89. The fraction of sp³-hybridized carbons (Fsp3) is 0.200. The van der Waals surface area contributed by atoms with Gasteiger partial charge in [-0.15, -0.1) is 0 Å². The van der Waals surface area contributed by atoms with Crippen LogP contribution in [0.2, 0.25) is 0 Å². The summed E-state index contributed by atoms with van der Waals surface area (Å²) < 4.78 is 32.6. The molecule has 0 radical (unpaired) electrons. The molecule has 0 saturated carbocycles. The lowest BCUT2D eigenvalue weighted by Gasteiger charge is -2.13. The minimum absolute atomic E-state index is 0.114. The lowest BCUT2D eigenvalue weighted by molar-refractivity contribution is 0.463. The number of hydrogen-bond acceptors (Lipinski definition) is 4. The Labute approximate surface area is 124 Å². The van der Waals surface area contributed by atoms with E-state index in [-0.39, 0.29) is 10.6 Å². The number of benzene rings is 2. The van der Waals surface area contributed by atoms with Gasteiger partial charge in [0.05, 0.1) is 0 Å². The molecule has 112 valence electrons. The van der Waals surface area contributed by atoms with Gasteiger partial charge in [0.15, 0.2) is 0 Å². The van der Waals surface area contributed by atoms with Crippen molar-refractivity contribution < 1.29 is 13.2 Å². The fourth-order valence-corrected chi connectivity index (χ4v) is 3.10. The smallest absolute Gasteiger partial charge is 0.244 e. The van der Waals surface area contributed by atoms with Crippen molar-refractivity contribution in [2.45, 2.75) is 18.7 Å². The van der Waals surface area contributed by atoms with E-state index in [0.717, 1.165) is 5.56 Å². The van der Waals surface area contributed by atoms with E-state index < -0.39 is 10.0 Å². The zero-order valence-corrected chi connectivity index (χ0v) is 12.8. The molecule has 0 aliphatic carbocycles. The minimum atomic E-state index is -3.58. The van der Waals surface area contributed by atoms with Crippen LogP contribution in [0.3, 0.4) is 0 Å². The van der Waals surface area contributed by atoms with Crippen molar-refractivity contribution >= 4 is 15.7 Å². The van der Waals surface area contributed by atoms with Crippen molar-refractivity contribution in [1.29, 1.82) is 0 Å². The van der Waals surface area contributed by atoms with Gasteiger partial charge in [-0.05, 0) is 42.8 Å². The van der Waals surface area contributed by atoms with Gasteiger partial charge in [0.1, 0.15) is 16.4 Å². The number of rotatable bonds is 5. The fourth-order valence-electron chi connectivity index (χ4n) is 1.93. The maximum absolute atomic E-state index is 12.2. The number of sulfonamides is 1. The highest BCUT2D eigenvalue weighted by Crippen LogP contribution is 2.31. The van der Waals surface area contributed by atoms with Crippen LogP contribution in [-0.2, 0) is 10.0 Å². The predicted molar refractivity (Wildman–Crippen MR) is 83.0 cm³/mol. The molecule has 21 heavy (non-hydrogen) atoms. The standard InChI is InChI=1S/C15H18N2O3S/c1-3-17-21(18,19)15-7-5-4-6-14(15)20-13-9-8-12(16)10-11(13)2/h4-10,17H,3,16H2,1-2H3. The lowest BCUT2D eigenvalue weighted by Crippen LogP contribution is -2.23. The molecule has 2 aromatic carbocycles. The van der Waals surface area contributed by atoms with Gasteiger partial charge in [-0.3, -0.25) is 0 Å². The van der Waals surface area contributed by atoms with Crippen molar-refractivity contribution in [2.75, 3.05) is 12.3 Å². The van der Waals surface area contributed by atoms with Gasteiger partial charge >= 0.3 is 0 Å². The molecule has 0 atom stereocenters. The Bertz CT molecular complexity index is 742. The second-order valence-corrected chi connectivity index (χ2v) is 6.31. The third kappa shape index (κ3) is 3.53. The van der Waals surface area contributed by atoms with Crippen LogP contribution in [0.4, 0.5) is 5.69 Å². The molecule has 0 bridgehead atoms. The molecular weight excluding hydrogens is 288 g/mol. The number of ether oxygens (including phenoxy) is 1. The Kier molecular flexibility index (Phi) is 4.50. The molecule has 5 nitrogen and oxygen atoms in total. The highest BCUT2D eigenvalue weighted by atomic mass is 32.2. The van der Waals surface area contributed by atoms with E-state index in [9.17, 15) is 8.42 Å². The average molecular weight is 306 g/mol. The quantitative estimate of drug-likeness (QED) is 0.832. The van der Waals surface area contributed by atoms with Gasteiger partial charge in [0, 0.05) is 12.2 Å². The van der Waals surface area contributed by atoms with Gasteiger partial charge in [-0.1, -0.05) is 19.1 Å². The molecule has 0 spiro atoms. The Balaban J connectivity index is 2.41. The molecule has 0 unspecified atom stereocenters. The number of nitrogens with one attached hydrogen (secondary N) is 1. The summed E-state index contributed by atoms with van der Waals surface area (Å²) in [7, 11) is -3.58. The second-order valence-electron chi connectivity index (χ2n) is 4.58.